The number of nitrogens with one attached hydrogen (secondary N) is 2. The smallest absolute Gasteiger partial charge is 0.408 e. The summed E-state index contributed by atoms with van der Waals surface area (Å²) in [4.78, 5) is 41.6. The molecule has 2 aromatic carbocycles. The Bertz CT molecular complexity index is 1160. The molecule has 9 nitrogen and oxygen atoms in total. The number of hydrogen-bond donors (Lipinski definition) is 3. The van der Waals surface area contributed by atoms with Crippen molar-refractivity contribution in [3.8, 4) is 5.75 Å². The van der Waals surface area contributed by atoms with E-state index >= 15 is 0 Å². The molecule has 3 amide bonds. The summed E-state index contributed by atoms with van der Waals surface area (Å²) in [6.07, 6.45) is 1.51. The van der Waals surface area contributed by atoms with E-state index in [0.717, 1.165) is 5.56 Å². The van der Waals surface area contributed by atoms with Crippen molar-refractivity contribution in [1.29, 1.82) is 0 Å². The lowest BCUT2D eigenvalue weighted by Gasteiger charge is -2.34. The zero-order valence-electron chi connectivity index (χ0n) is 22.6. The van der Waals surface area contributed by atoms with E-state index in [1.165, 1.54) is 4.90 Å². The Morgan fingerprint density at radius 3 is 2.37 bits per heavy atom. The summed E-state index contributed by atoms with van der Waals surface area (Å²) in [5.41, 5.74) is 1.10. The quantitative estimate of drug-likeness (QED) is 0.431. The first kappa shape index (κ1) is 28.7. The van der Waals surface area contributed by atoms with Crippen molar-refractivity contribution >= 4 is 29.7 Å². The van der Waals surface area contributed by atoms with E-state index in [1.54, 1.807) is 76.4 Å². The van der Waals surface area contributed by atoms with Crippen LogP contribution in [0.4, 0.5) is 10.5 Å². The molecule has 0 aliphatic heterocycles. The van der Waals surface area contributed by atoms with Crippen molar-refractivity contribution in [1.82, 2.24) is 10.2 Å². The number of benzene rings is 2. The minimum absolute atomic E-state index is 0.138. The molecule has 1 aliphatic carbocycles. The molecule has 0 spiro atoms. The molecule has 38 heavy (non-hydrogen) atoms. The van der Waals surface area contributed by atoms with Gasteiger partial charge in [0, 0.05) is 11.7 Å². The summed E-state index contributed by atoms with van der Waals surface area (Å²) < 4.78 is 10.5. The average molecular weight is 524 g/mol. The first-order chi connectivity index (χ1) is 18.0. The normalized spacial score (nSPS) is 17.9. The van der Waals surface area contributed by atoms with Crippen LogP contribution in [0.1, 0.15) is 51.3 Å². The van der Waals surface area contributed by atoms with E-state index in [4.69, 9.17) is 9.47 Å². The van der Waals surface area contributed by atoms with Crippen molar-refractivity contribution in [2.75, 3.05) is 19.0 Å². The van der Waals surface area contributed by atoms with Crippen molar-refractivity contribution < 1.29 is 29.0 Å². The highest BCUT2D eigenvalue weighted by atomic mass is 16.6. The third-order valence-electron chi connectivity index (χ3n) is 6.20. The minimum atomic E-state index is -1.29. The van der Waals surface area contributed by atoms with Crippen molar-refractivity contribution in [2.45, 2.75) is 57.8 Å². The van der Waals surface area contributed by atoms with Gasteiger partial charge in [0.2, 0.25) is 5.91 Å². The molecule has 4 atom stereocenters. The van der Waals surface area contributed by atoms with Gasteiger partial charge in [-0.25, -0.2) is 4.79 Å². The van der Waals surface area contributed by atoms with E-state index in [2.05, 4.69) is 17.2 Å². The molecule has 1 fully saturated rings. The number of aliphatic hydroxyl groups is 1. The number of nitrogens with zero attached hydrogens (tertiary/aromatic N) is 1. The molecular formula is C29H37N3O6. The van der Waals surface area contributed by atoms with Crippen molar-refractivity contribution in [3.63, 3.8) is 0 Å². The summed E-state index contributed by atoms with van der Waals surface area (Å²) in [6.45, 7) is 10.2. The van der Waals surface area contributed by atoms with Crippen LogP contribution in [-0.4, -0.2) is 59.3 Å². The van der Waals surface area contributed by atoms with Crippen LogP contribution in [0.5, 0.6) is 5.75 Å². The number of anilines is 1. The molecule has 2 aromatic rings. The number of rotatable bonds is 10. The SMILES string of the molecule is C=Cc1cccc(C(C(=O)Nc2ccc(OC)cc2)N(C(=O)C(CO)NC(=O)OC(C)(C)C)C2CC2C)c1. The van der Waals surface area contributed by atoms with Gasteiger partial charge in [0.1, 0.15) is 23.4 Å². The van der Waals surface area contributed by atoms with Gasteiger partial charge in [-0.2, -0.15) is 0 Å². The first-order valence-electron chi connectivity index (χ1n) is 12.6. The zero-order chi connectivity index (χ0) is 28.0. The standard InChI is InChI=1S/C29H37N3O6/c1-7-19-9-8-10-20(16-19)25(26(34)30-21-11-13-22(37-6)14-12-21)32(24-15-18(24)2)27(35)23(17-33)31-28(36)38-29(3,4)5/h7-14,16,18,23-25,33H,1,15,17H2,2-6H3,(H,30,34)(H,31,36). The number of aliphatic hydroxyl groups excluding tert-OH is 1. The fourth-order valence-electron chi connectivity index (χ4n) is 4.17. The van der Waals surface area contributed by atoms with Gasteiger partial charge >= 0.3 is 6.09 Å². The van der Waals surface area contributed by atoms with Gasteiger partial charge in [-0.3, -0.25) is 9.59 Å². The number of carbonyl (C=O) groups is 3. The van der Waals surface area contributed by atoms with Gasteiger partial charge < -0.3 is 30.1 Å². The maximum Gasteiger partial charge on any atom is 0.408 e. The number of carbonyl (C=O) groups excluding carboxylic acids is 3. The summed E-state index contributed by atoms with van der Waals surface area (Å²) in [5, 5.41) is 15.4. The Morgan fingerprint density at radius 2 is 1.84 bits per heavy atom. The lowest BCUT2D eigenvalue weighted by molar-refractivity contribution is -0.142. The Balaban J connectivity index is 1.99. The molecule has 0 saturated heterocycles. The molecule has 3 rings (SSSR count). The van der Waals surface area contributed by atoms with E-state index < -0.39 is 42.2 Å². The average Bonchev–Trinajstić information content (AvgIpc) is 3.60. The molecule has 3 N–H and O–H groups in total. The summed E-state index contributed by atoms with van der Waals surface area (Å²) in [6, 6.07) is 11.5. The van der Waals surface area contributed by atoms with Gasteiger partial charge in [0.15, 0.2) is 0 Å². The molecule has 0 heterocycles. The Morgan fingerprint density at radius 1 is 1.18 bits per heavy atom. The molecule has 0 aromatic heterocycles. The van der Waals surface area contributed by atoms with Gasteiger partial charge in [-0.1, -0.05) is 37.8 Å². The second-order valence-corrected chi connectivity index (χ2v) is 10.4. The summed E-state index contributed by atoms with van der Waals surface area (Å²) >= 11 is 0. The predicted octanol–water partition coefficient (Wildman–Crippen LogP) is 4.14. The van der Waals surface area contributed by atoms with Gasteiger partial charge in [0.05, 0.1) is 13.7 Å². The molecule has 0 radical (unpaired) electrons. The Hall–Kier alpha value is -3.85. The van der Waals surface area contributed by atoms with Crippen LogP contribution in [0.25, 0.3) is 6.08 Å². The first-order valence-corrected chi connectivity index (χ1v) is 12.6. The second kappa shape index (κ2) is 12.1. The van der Waals surface area contributed by atoms with Crippen molar-refractivity contribution in [3.05, 3.63) is 66.2 Å². The molecule has 1 saturated carbocycles. The summed E-state index contributed by atoms with van der Waals surface area (Å²) in [7, 11) is 1.55. The number of ether oxygens (including phenoxy) is 2. The zero-order valence-corrected chi connectivity index (χ0v) is 22.6. The van der Waals surface area contributed by atoms with E-state index in [0.29, 0.717) is 23.4 Å². The Labute approximate surface area is 223 Å². The van der Waals surface area contributed by atoms with Crippen LogP contribution in [0, 0.1) is 5.92 Å². The van der Waals surface area contributed by atoms with E-state index in [9.17, 15) is 19.5 Å². The van der Waals surface area contributed by atoms with Gasteiger partial charge in [-0.15, -0.1) is 0 Å². The largest absolute Gasteiger partial charge is 0.497 e. The molecule has 0 bridgehead atoms. The van der Waals surface area contributed by atoms with E-state index in [1.807, 2.05) is 13.0 Å². The fourth-order valence-corrected chi connectivity index (χ4v) is 4.17. The highest BCUT2D eigenvalue weighted by Gasteiger charge is 2.48. The maximum atomic E-state index is 13.9. The van der Waals surface area contributed by atoms with Crippen molar-refractivity contribution in [2.24, 2.45) is 5.92 Å². The molecule has 204 valence electrons. The Kier molecular flexibility index (Phi) is 9.17. The van der Waals surface area contributed by atoms with Crippen LogP contribution < -0.4 is 15.4 Å². The third kappa shape index (κ3) is 7.35. The molecule has 1 aliphatic rings. The van der Waals surface area contributed by atoms with Crippen LogP contribution in [-0.2, 0) is 14.3 Å². The fraction of sp³-hybridized carbons (Fsp3) is 0.414. The monoisotopic (exact) mass is 523 g/mol. The second-order valence-electron chi connectivity index (χ2n) is 10.4. The molecule has 4 unspecified atom stereocenters. The maximum absolute atomic E-state index is 13.9. The van der Waals surface area contributed by atoms with E-state index in [-0.39, 0.29) is 12.0 Å². The van der Waals surface area contributed by atoms with Gasteiger partial charge in [0.25, 0.3) is 5.91 Å². The van der Waals surface area contributed by atoms with Crippen LogP contribution in [0.3, 0.4) is 0 Å². The van der Waals surface area contributed by atoms with Crippen LogP contribution >= 0.6 is 0 Å². The lowest BCUT2D eigenvalue weighted by Crippen LogP contribution is -2.54. The number of amides is 3. The van der Waals surface area contributed by atoms with Gasteiger partial charge in [-0.05, 0) is 74.6 Å². The third-order valence-corrected chi connectivity index (χ3v) is 6.20. The predicted molar refractivity (Wildman–Crippen MR) is 146 cm³/mol. The highest BCUT2D eigenvalue weighted by molar-refractivity contribution is 5.99. The van der Waals surface area contributed by atoms with Crippen LogP contribution in [0.2, 0.25) is 0 Å². The minimum Gasteiger partial charge on any atom is -0.497 e. The molecule has 9 heteroatoms. The molecular weight excluding hydrogens is 486 g/mol. The number of methoxy groups -OCH3 is 1. The number of alkyl carbamates (subject to hydrolysis) is 1. The number of hydrogen-bond acceptors (Lipinski definition) is 6. The lowest BCUT2D eigenvalue weighted by atomic mass is 10.00. The summed E-state index contributed by atoms with van der Waals surface area (Å²) in [5.74, 6) is -0.232. The van der Waals surface area contributed by atoms with Crippen LogP contribution in [0.15, 0.2) is 55.1 Å². The topological polar surface area (TPSA) is 117 Å². The highest BCUT2D eigenvalue weighted by Crippen LogP contribution is 2.41.